The molecule has 6 rings (SSSR count). The van der Waals surface area contributed by atoms with Gasteiger partial charge in [0.2, 0.25) is 0 Å². The Bertz CT molecular complexity index is 1230. The molecule has 4 heterocycles. The smallest absolute Gasteiger partial charge is 0.137 e. The fraction of sp³-hybridized carbons (Fsp3) is 0.484. The van der Waals surface area contributed by atoms with Gasteiger partial charge in [-0.15, -0.1) is 11.1 Å². The molecule has 0 saturated carbocycles. The van der Waals surface area contributed by atoms with E-state index in [2.05, 4.69) is 64.3 Å². The summed E-state index contributed by atoms with van der Waals surface area (Å²) in [7, 11) is 0. The Morgan fingerprint density at radius 2 is 1.23 bits per heavy atom. The number of hydrogen-bond donors (Lipinski definition) is 1. The Kier molecular flexibility index (Phi) is 20.1. The SMILES string of the molecule is CC[C@@H]1CO[C@@](Cn2cncn2)(c2[c-]cc(C)cc2)C1.Cc1c[c-]c([C@]2(Cn3cncn3)C[C@H](CO)CO2)cc1.[Y].[Y].[Y].[Y]. The second-order valence-corrected chi connectivity index (χ2v) is 11.1. The molecule has 0 bridgehead atoms. The molecule has 2 saturated heterocycles. The number of ether oxygens (including phenoxy) is 2. The van der Waals surface area contributed by atoms with E-state index in [0.717, 1.165) is 37.0 Å². The molecule has 44 heavy (non-hydrogen) atoms. The molecule has 1 N–H and O–H groups in total. The summed E-state index contributed by atoms with van der Waals surface area (Å²) in [6, 6.07) is 19.1. The van der Waals surface area contributed by atoms with Gasteiger partial charge in [-0.2, -0.15) is 69.9 Å². The van der Waals surface area contributed by atoms with Crippen molar-refractivity contribution in [1.82, 2.24) is 29.5 Å². The van der Waals surface area contributed by atoms with Crippen molar-refractivity contribution >= 4 is 0 Å². The summed E-state index contributed by atoms with van der Waals surface area (Å²) in [4.78, 5) is 8.01. The molecule has 2 aromatic heterocycles. The number of hydrogen-bond acceptors (Lipinski definition) is 7. The maximum absolute atomic E-state index is 9.39. The molecule has 13 heteroatoms. The van der Waals surface area contributed by atoms with Gasteiger partial charge in [-0.3, -0.25) is 0 Å². The molecular formula is C31H38N6O3Y4-2. The van der Waals surface area contributed by atoms with E-state index in [9.17, 15) is 5.11 Å². The molecule has 4 aromatic rings. The van der Waals surface area contributed by atoms with Crippen LogP contribution in [0.2, 0.25) is 0 Å². The number of benzene rings is 2. The van der Waals surface area contributed by atoms with Crippen LogP contribution in [-0.2, 0) is 165 Å². The molecule has 0 unspecified atom stereocenters. The number of aliphatic hydroxyl groups is 1. The van der Waals surface area contributed by atoms with Gasteiger partial charge in [0.1, 0.15) is 25.3 Å². The van der Waals surface area contributed by atoms with Crippen molar-refractivity contribution in [1.29, 1.82) is 0 Å². The summed E-state index contributed by atoms with van der Waals surface area (Å²) in [5.41, 5.74) is 3.72. The topological polar surface area (TPSA) is 100 Å². The summed E-state index contributed by atoms with van der Waals surface area (Å²) < 4.78 is 15.9. The predicted molar refractivity (Wildman–Crippen MR) is 149 cm³/mol. The van der Waals surface area contributed by atoms with E-state index in [1.165, 1.54) is 17.5 Å². The van der Waals surface area contributed by atoms with Crippen molar-refractivity contribution in [3.63, 3.8) is 0 Å². The average molecular weight is 898 g/mol. The zero-order valence-electron chi connectivity index (χ0n) is 25.8. The van der Waals surface area contributed by atoms with Crippen LogP contribution in [0, 0.1) is 37.8 Å². The number of aryl methyl sites for hydroxylation is 2. The van der Waals surface area contributed by atoms with Crippen molar-refractivity contribution in [2.24, 2.45) is 11.8 Å². The van der Waals surface area contributed by atoms with Crippen molar-refractivity contribution in [2.75, 3.05) is 19.8 Å². The van der Waals surface area contributed by atoms with Gasteiger partial charge in [0.15, 0.2) is 0 Å². The number of nitrogens with zero attached hydrogens (tertiary/aromatic N) is 6. The van der Waals surface area contributed by atoms with E-state index >= 15 is 0 Å². The van der Waals surface area contributed by atoms with Crippen LogP contribution in [0.5, 0.6) is 0 Å². The van der Waals surface area contributed by atoms with Crippen LogP contribution in [0.3, 0.4) is 0 Å². The molecule has 0 amide bonds. The summed E-state index contributed by atoms with van der Waals surface area (Å²) in [5.74, 6) is 0.765. The van der Waals surface area contributed by atoms with E-state index < -0.39 is 5.60 Å². The molecule has 2 fully saturated rings. The van der Waals surface area contributed by atoms with Crippen LogP contribution in [0.4, 0.5) is 0 Å². The van der Waals surface area contributed by atoms with Gasteiger partial charge in [0.05, 0.1) is 37.5 Å². The molecule has 2 aromatic carbocycles. The fourth-order valence-electron chi connectivity index (χ4n) is 5.59. The maximum Gasteiger partial charge on any atom is 0.137 e. The van der Waals surface area contributed by atoms with Gasteiger partial charge < -0.3 is 14.6 Å². The van der Waals surface area contributed by atoms with Crippen LogP contribution in [0.25, 0.3) is 0 Å². The molecule has 0 aliphatic carbocycles. The third-order valence-electron chi connectivity index (χ3n) is 7.95. The molecule has 224 valence electrons. The van der Waals surface area contributed by atoms with E-state index in [1.807, 2.05) is 29.8 Å². The second kappa shape index (κ2) is 20.5. The summed E-state index contributed by atoms with van der Waals surface area (Å²) >= 11 is 0. The van der Waals surface area contributed by atoms with Gasteiger partial charge >= 0.3 is 0 Å². The maximum atomic E-state index is 9.39. The van der Waals surface area contributed by atoms with E-state index in [4.69, 9.17) is 9.47 Å². The molecular weight excluding hydrogens is 860 g/mol. The first-order chi connectivity index (χ1) is 19.4. The normalized spacial score (nSPS) is 23.6. The zero-order valence-corrected chi connectivity index (χ0v) is 37.2. The minimum absolute atomic E-state index is 0. The van der Waals surface area contributed by atoms with Crippen LogP contribution in [0.1, 0.15) is 48.4 Å². The van der Waals surface area contributed by atoms with Gasteiger partial charge in [-0.25, -0.2) is 19.3 Å². The second-order valence-electron chi connectivity index (χ2n) is 11.1. The van der Waals surface area contributed by atoms with Gasteiger partial charge in [-0.1, -0.05) is 27.2 Å². The minimum atomic E-state index is -0.477. The van der Waals surface area contributed by atoms with E-state index in [-0.39, 0.29) is 149 Å². The standard InChI is InChI=1S/C16H20N3O.C15H18N3O2.4Y/c1-3-14-8-16(20-9-14,10-19-12-17-11-18-19)15-6-4-13(2)5-7-15;1-12-2-4-14(5-3-12)15(6-13(7-19)8-20-15)9-18-11-16-10-17-18;;;;/h4-6,11-12,14H,3,8-10H2,1-2H3;2-4,10-11,13,19H,6-9H2,1H3;;;;/q2*-1;;;;/t14-,16-;13-,15-;;;;/m01..../s1. The summed E-state index contributed by atoms with van der Waals surface area (Å²) in [5, 5.41) is 17.8. The summed E-state index contributed by atoms with van der Waals surface area (Å²) in [6.45, 7) is 9.14. The third kappa shape index (κ3) is 11.0. The molecule has 2 aliphatic rings. The Balaban J connectivity index is 0.000000403. The Morgan fingerprint density at radius 1 is 0.773 bits per heavy atom. The van der Waals surface area contributed by atoms with Crippen LogP contribution < -0.4 is 0 Å². The first-order valence-corrected chi connectivity index (χ1v) is 13.9. The van der Waals surface area contributed by atoms with Gasteiger partial charge in [0.25, 0.3) is 0 Å². The molecule has 2 aliphatic heterocycles. The third-order valence-corrected chi connectivity index (χ3v) is 7.95. The van der Waals surface area contributed by atoms with Crippen LogP contribution in [0.15, 0.2) is 61.7 Å². The van der Waals surface area contributed by atoms with Gasteiger partial charge in [-0.05, 0) is 18.8 Å². The Morgan fingerprint density at radius 3 is 1.55 bits per heavy atom. The van der Waals surface area contributed by atoms with E-state index in [1.54, 1.807) is 23.7 Å². The van der Waals surface area contributed by atoms with Crippen molar-refractivity contribution < 1.29 is 145 Å². The molecule has 0 spiro atoms. The first kappa shape index (κ1) is 43.0. The first-order valence-electron chi connectivity index (χ1n) is 13.9. The van der Waals surface area contributed by atoms with Crippen molar-refractivity contribution in [3.05, 3.63) is 96.1 Å². The van der Waals surface area contributed by atoms with Crippen LogP contribution in [-0.4, -0.2) is 54.5 Å². The molecule has 4 radical (unpaired) electrons. The number of aromatic nitrogens is 6. The number of rotatable bonds is 8. The monoisotopic (exact) mass is 898 g/mol. The van der Waals surface area contributed by atoms with Crippen molar-refractivity contribution in [2.45, 2.75) is 64.3 Å². The number of aliphatic hydroxyl groups excluding tert-OH is 1. The Hall–Kier alpha value is 1.02. The largest absolute Gasteiger partial charge is 0.396 e. The molecule has 9 nitrogen and oxygen atoms in total. The zero-order chi connectivity index (χ0) is 28.0. The minimum Gasteiger partial charge on any atom is -0.396 e. The van der Waals surface area contributed by atoms with Gasteiger partial charge in [0, 0.05) is 143 Å². The van der Waals surface area contributed by atoms with Crippen LogP contribution >= 0.6 is 0 Å². The Labute approximate surface area is 361 Å². The fourth-order valence-corrected chi connectivity index (χ4v) is 5.59. The average Bonchev–Trinajstić information content (AvgIpc) is 3.79. The predicted octanol–water partition coefficient (Wildman–Crippen LogP) is 4.03. The molecule has 4 atom stereocenters. The quantitative estimate of drug-likeness (QED) is 0.267. The van der Waals surface area contributed by atoms with Crippen molar-refractivity contribution in [3.8, 4) is 0 Å². The van der Waals surface area contributed by atoms with E-state index in [0.29, 0.717) is 25.6 Å². The summed E-state index contributed by atoms with van der Waals surface area (Å²) in [6.07, 6.45) is 9.45.